The minimum absolute atomic E-state index is 0.166. The van der Waals surface area contributed by atoms with E-state index in [2.05, 4.69) is 4.99 Å². The molecule has 2 heterocycles. The average Bonchev–Trinajstić information content (AvgIpc) is 3.27. The maximum absolute atomic E-state index is 13.9. The molecule has 0 spiro atoms. The van der Waals surface area contributed by atoms with Crippen molar-refractivity contribution < 1.29 is 23.4 Å². The van der Waals surface area contributed by atoms with Gasteiger partial charge in [-0.15, -0.1) is 0 Å². The number of hydrogen-bond donors (Lipinski definition) is 0. The Bertz CT molecular complexity index is 1880. The monoisotopic (exact) mass is 620 g/mol. The molecule has 1 aromatic heterocycles. The van der Waals surface area contributed by atoms with Crippen LogP contribution >= 0.6 is 22.9 Å². The minimum atomic E-state index is -0.692. The van der Waals surface area contributed by atoms with Gasteiger partial charge in [-0.1, -0.05) is 64.9 Å². The molecule has 0 bridgehead atoms. The highest BCUT2D eigenvalue weighted by Gasteiger charge is 2.33. The van der Waals surface area contributed by atoms with E-state index in [0.29, 0.717) is 49.3 Å². The number of rotatable bonds is 9. The molecule has 0 amide bonds. The third kappa shape index (κ3) is 6.43. The van der Waals surface area contributed by atoms with Crippen LogP contribution in [0.1, 0.15) is 49.1 Å². The van der Waals surface area contributed by atoms with Gasteiger partial charge in [-0.25, -0.2) is 14.2 Å². The van der Waals surface area contributed by atoms with E-state index in [1.807, 2.05) is 38.1 Å². The van der Waals surface area contributed by atoms with Gasteiger partial charge in [-0.3, -0.25) is 9.36 Å². The fourth-order valence-corrected chi connectivity index (χ4v) is 6.14. The standard InChI is InChI=1S/C33H30ClFN2O5S/c1-5-40-26-16-22(15-25(34)30(26)42-18-21-9-13-24(35)14-10-21)17-27-31(38)37-29(23-11-7-19(3)8-12-23)28(32(39)41-6-2)20(4)36-33(37)43-27/h7-17,29H,5-6,18H2,1-4H3/b27-17+/t29-/m1/s1. The van der Waals surface area contributed by atoms with Gasteiger partial charge < -0.3 is 14.2 Å². The molecular weight excluding hydrogens is 591 g/mol. The zero-order valence-electron chi connectivity index (χ0n) is 24.1. The first-order valence-corrected chi connectivity index (χ1v) is 15.0. The van der Waals surface area contributed by atoms with Crippen LogP contribution in [0.15, 0.2) is 81.7 Å². The van der Waals surface area contributed by atoms with Gasteiger partial charge >= 0.3 is 5.97 Å². The van der Waals surface area contributed by atoms with Crippen LogP contribution in [0.4, 0.5) is 4.39 Å². The van der Waals surface area contributed by atoms with E-state index in [0.717, 1.165) is 16.7 Å². The van der Waals surface area contributed by atoms with E-state index in [1.54, 1.807) is 48.8 Å². The summed E-state index contributed by atoms with van der Waals surface area (Å²) in [6.45, 7) is 8.04. The summed E-state index contributed by atoms with van der Waals surface area (Å²) in [5.74, 6) is -0.0773. The smallest absolute Gasteiger partial charge is 0.338 e. The Balaban J connectivity index is 1.58. The maximum atomic E-state index is 13.9. The second-order valence-electron chi connectivity index (χ2n) is 9.89. The second-order valence-corrected chi connectivity index (χ2v) is 11.3. The SMILES string of the molecule is CCOC(=O)C1=C(C)N=c2s/c(=C/c3cc(Cl)c(OCc4ccc(F)cc4)c(OCC)c3)c(=O)n2[C@@H]1c1ccc(C)cc1. The van der Waals surface area contributed by atoms with Gasteiger partial charge in [0, 0.05) is 0 Å². The van der Waals surface area contributed by atoms with Crippen molar-refractivity contribution in [2.75, 3.05) is 13.2 Å². The molecular formula is C33H30ClFN2O5S. The van der Waals surface area contributed by atoms with Crippen molar-refractivity contribution in [1.82, 2.24) is 4.57 Å². The Hall–Kier alpha value is -4.21. The normalized spacial score (nSPS) is 14.7. The van der Waals surface area contributed by atoms with Gasteiger partial charge in [0.15, 0.2) is 16.3 Å². The molecule has 1 atom stereocenters. The van der Waals surface area contributed by atoms with Crippen molar-refractivity contribution in [3.63, 3.8) is 0 Å². The molecule has 0 saturated carbocycles. The minimum Gasteiger partial charge on any atom is -0.490 e. The molecule has 0 aliphatic carbocycles. The molecule has 1 aliphatic heterocycles. The first kappa shape index (κ1) is 30.3. The molecule has 0 unspecified atom stereocenters. The van der Waals surface area contributed by atoms with Crippen LogP contribution in [0.5, 0.6) is 11.5 Å². The van der Waals surface area contributed by atoms with E-state index >= 15 is 0 Å². The Morgan fingerprint density at radius 1 is 1.05 bits per heavy atom. The first-order valence-electron chi connectivity index (χ1n) is 13.8. The zero-order chi connectivity index (χ0) is 30.7. The molecule has 1 aliphatic rings. The van der Waals surface area contributed by atoms with E-state index in [1.165, 1.54) is 23.5 Å². The van der Waals surface area contributed by atoms with Crippen molar-refractivity contribution >= 4 is 35.0 Å². The lowest BCUT2D eigenvalue weighted by Crippen LogP contribution is -2.39. The lowest BCUT2D eigenvalue weighted by Gasteiger charge is -2.24. The maximum Gasteiger partial charge on any atom is 0.338 e. The summed E-state index contributed by atoms with van der Waals surface area (Å²) in [6, 6.07) is 16.5. The largest absolute Gasteiger partial charge is 0.490 e. The quantitative estimate of drug-likeness (QED) is 0.219. The molecule has 10 heteroatoms. The molecule has 0 saturated heterocycles. The molecule has 5 rings (SSSR count). The lowest BCUT2D eigenvalue weighted by atomic mass is 9.95. The van der Waals surface area contributed by atoms with Crippen molar-refractivity contribution in [2.24, 2.45) is 4.99 Å². The molecule has 7 nitrogen and oxygen atoms in total. The topological polar surface area (TPSA) is 79.1 Å². The fourth-order valence-electron chi connectivity index (χ4n) is 4.82. The molecule has 3 aromatic carbocycles. The summed E-state index contributed by atoms with van der Waals surface area (Å²) >= 11 is 7.87. The molecule has 4 aromatic rings. The third-order valence-electron chi connectivity index (χ3n) is 6.84. The van der Waals surface area contributed by atoms with E-state index < -0.39 is 12.0 Å². The molecule has 0 N–H and O–H groups in total. The van der Waals surface area contributed by atoms with Crippen LogP contribution in [-0.4, -0.2) is 23.8 Å². The number of carbonyl (C=O) groups is 1. The summed E-state index contributed by atoms with van der Waals surface area (Å²) in [4.78, 5) is 32.1. The number of aryl methyl sites for hydroxylation is 1. The number of thiazole rings is 1. The predicted octanol–water partition coefficient (Wildman–Crippen LogP) is 5.88. The van der Waals surface area contributed by atoms with Crippen molar-refractivity contribution in [1.29, 1.82) is 0 Å². The van der Waals surface area contributed by atoms with Crippen LogP contribution in [0.25, 0.3) is 6.08 Å². The molecule has 43 heavy (non-hydrogen) atoms. The Labute approximate surface area is 257 Å². The number of halogens is 2. The number of fused-ring (bicyclic) bond motifs is 1. The van der Waals surface area contributed by atoms with Gasteiger partial charge in [0.2, 0.25) is 0 Å². The Morgan fingerprint density at radius 3 is 2.44 bits per heavy atom. The number of benzene rings is 3. The van der Waals surface area contributed by atoms with Crippen molar-refractivity contribution in [2.45, 2.75) is 40.3 Å². The van der Waals surface area contributed by atoms with Crippen LogP contribution in [-0.2, 0) is 16.1 Å². The van der Waals surface area contributed by atoms with Crippen LogP contribution < -0.4 is 24.4 Å². The van der Waals surface area contributed by atoms with Gasteiger partial charge in [-0.2, -0.15) is 0 Å². The summed E-state index contributed by atoms with van der Waals surface area (Å²) < 4.78 is 32.4. The summed E-state index contributed by atoms with van der Waals surface area (Å²) in [7, 11) is 0. The van der Waals surface area contributed by atoms with E-state index in [9.17, 15) is 14.0 Å². The van der Waals surface area contributed by atoms with E-state index in [4.69, 9.17) is 25.8 Å². The van der Waals surface area contributed by atoms with Crippen LogP contribution in [0, 0.1) is 12.7 Å². The molecule has 0 radical (unpaired) electrons. The third-order valence-corrected chi connectivity index (χ3v) is 8.10. The average molecular weight is 621 g/mol. The highest BCUT2D eigenvalue weighted by atomic mass is 35.5. The fraction of sp³-hybridized carbons (Fsp3) is 0.242. The summed E-state index contributed by atoms with van der Waals surface area (Å²) in [5.41, 5.74) is 3.76. The number of esters is 1. The predicted molar refractivity (Wildman–Crippen MR) is 165 cm³/mol. The molecule has 222 valence electrons. The highest BCUT2D eigenvalue weighted by Crippen LogP contribution is 2.37. The number of hydrogen-bond acceptors (Lipinski definition) is 7. The first-order chi connectivity index (χ1) is 20.7. The van der Waals surface area contributed by atoms with Gasteiger partial charge in [0.1, 0.15) is 12.4 Å². The van der Waals surface area contributed by atoms with Crippen LogP contribution in [0.3, 0.4) is 0 Å². The Kier molecular flexibility index (Phi) is 9.13. The van der Waals surface area contributed by atoms with E-state index in [-0.39, 0.29) is 24.6 Å². The number of allylic oxidation sites excluding steroid dienone is 1. The van der Waals surface area contributed by atoms with Crippen molar-refractivity contribution in [3.8, 4) is 11.5 Å². The van der Waals surface area contributed by atoms with Gasteiger partial charge in [-0.05, 0) is 74.7 Å². The number of aromatic nitrogens is 1. The second kappa shape index (κ2) is 13.0. The number of nitrogens with zero attached hydrogens (tertiary/aromatic N) is 2. The lowest BCUT2D eigenvalue weighted by molar-refractivity contribution is -0.139. The highest BCUT2D eigenvalue weighted by molar-refractivity contribution is 7.07. The summed E-state index contributed by atoms with van der Waals surface area (Å²) in [6.07, 6.45) is 1.72. The summed E-state index contributed by atoms with van der Waals surface area (Å²) in [5, 5.41) is 0.296. The zero-order valence-corrected chi connectivity index (χ0v) is 25.7. The van der Waals surface area contributed by atoms with Gasteiger partial charge in [0.25, 0.3) is 5.56 Å². The van der Waals surface area contributed by atoms with Crippen LogP contribution in [0.2, 0.25) is 5.02 Å². The van der Waals surface area contributed by atoms with Gasteiger partial charge in [0.05, 0.1) is 40.1 Å². The molecule has 0 fully saturated rings. The number of ether oxygens (including phenoxy) is 3. The Morgan fingerprint density at radius 2 is 1.77 bits per heavy atom. The van der Waals surface area contributed by atoms with Crippen molar-refractivity contribution in [3.05, 3.63) is 125 Å². The number of carbonyl (C=O) groups excluding carboxylic acids is 1.